The Morgan fingerprint density at radius 2 is 2.10 bits per heavy atom. The third-order valence-corrected chi connectivity index (χ3v) is 3.87. The van der Waals surface area contributed by atoms with E-state index >= 15 is 0 Å². The van der Waals surface area contributed by atoms with Gasteiger partial charge in [-0.15, -0.1) is 24.8 Å². The Kier molecular flexibility index (Phi) is 10.5. The Morgan fingerprint density at radius 1 is 1.38 bits per heavy atom. The van der Waals surface area contributed by atoms with E-state index in [1.807, 2.05) is 28.9 Å². The predicted molar refractivity (Wildman–Crippen MR) is 89.2 cm³/mol. The Morgan fingerprint density at radius 3 is 2.71 bits per heavy atom. The number of amides is 1. The molecule has 7 heteroatoms. The molecule has 0 spiro atoms. The highest BCUT2D eigenvalue weighted by Crippen LogP contribution is 2.18. The quantitative estimate of drug-likeness (QED) is 0.863. The fraction of sp³-hybridized carbons (Fsp3) is 0.714. The number of halogens is 2. The van der Waals surface area contributed by atoms with Gasteiger partial charge < -0.3 is 10.2 Å². The second kappa shape index (κ2) is 10.9. The van der Waals surface area contributed by atoms with Crippen LogP contribution in [-0.4, -0.2) is 47.3 Å². The maximum atomic E-state index is 12.0. The van der Waals surface area contributed by atoms with E-state index in [-0.39, 0.29) is 30.7 Å². The van der Waals surface area contributed by atoms with Crippen molar-refractivity contribution in [1.82, 2.24) is 20.0 Å². The molecule has 1 saturated heterocycles. The van der Waals surface area contributed by atoms with Gasteiger partial charge in [0.1, 0.15) is 0 Å². The van der Waals surface area contributed by atoms with Gasteiger partial charge in [0.2, 0.25) is 5.91 Å². The van der Waals surface area contributed by atoms with Crippen LogP contribution < -0.4 is 5.32 Å². The Balaban J connectivity index is 0.00000200. The molecular formula is C14H26Cl2N4O. The lowest BCUT2D eigenvalue weighted by atomic mass is 9.93. The van der Waals surface area contributed by atoms with Crippen molar-refractivity contribution in [3.05, 3.63) is 18.5 Å². The fourth-order valence-corrected chi connectivity index (χ4v) is 2.50. The Hall–Kier alpha value is -0.780. The first-order valence-corrected chi connectivity index (χ1v) is 7.18. The minimum atomic E-state index is 0. The molecule has 1 aromatic heterocycles. The zero-order chi connectivity index (χ0) is 13.5. The van der Waals surface area contributed by atoms with Gasteiger partial charge in [-0.2, -0.15) is 5.10 Å². The summed E-state index contributed by atoms with van der Waals surface area (Å²) in [5.41, 5.74) is 0. The van der Waals surface area contributed by atoms with Crippen LogP contribution in [0, 0.1) is 5.92 Å². The van der Waals surface area contributed by atoms with Crippen molar-refractivity contribution in [2.45, 2.75) is 32.2 Å². The summed E-state index contributed by atoms with van der Waals surface area (Å²) in [7, 11) is 1.88. The molecule has 122 valence electrons. The van der Waals surface area contributed by atoms with E-state index in [1.165, 1.54) is 12.8 Å². The molecule has 0 aromatic carbocycles. The van der Waals surface area contributed by atoms with E-state index in [0.717, 1.165) is 38.5 Å². The molecule has 0 radical (unpaired) electrons. The van der Waals surface area contributed by atoms with Crippen LogP contribution in [0.4, 0.5) is 0 Å². The second-order valence-corrected chi connectivity index (χ2v) is 5.32. The highest BCUT2D eigenvalue weighted by atomic mass is 35.5. The lowest BCUT2D eigenvalue weighted by Crippen LogP contribution is -2.32. The highest BCUT2D eigenvalue weighted by Gasteiger charge is 2.16. The number of aromatic nitrogens is 2. The number of hydrogen-bond acceptors (Lipinski definition) is 3. The third kappa shape index (κ3) is 7.16. The molecule has 2 rings (SSSR count). The summed E-state index contributed by atoms with van der Waals surface area (Å²) in [6, 6.07) is 1.90. The Labute approximate surface area is 139 Å². The number of likely N-dealkylation sites (N-methyl/N-ethyl adjacent to an activating group) is 1. The van der Waals surface area contributed by atoms with E-state index in [9.17, 15) is 4.79 Å². The smallest absolute Gasteiger partial charge is 0.222 e. The average Bonchev–Trinajstić information content (AvgIpc) is 2.96. The van der Waals surface area contributed by atoms with Gasteiger partial charge in [-0.25, -0.2) is 0 Å². The molecule has 0 aliphatic carbocycles. The Bertz CT molecular complexity index is 380. The number of carbonyl (C=O) groups is 1. The standard InChI is InChI=1S/C14H24N4O.2ClH/c1-17(11-12-18-10-2-7-16-18)14(19)4-3-13-5-8-15-9-6-13;;/h2,7,10,13,15H,3-6,8-9,11-12H2,1H3;2*1H. The van der Waals surface area contributed by atoms with Crippen LogP contribution >= 0.6 is 24.8 Å². The minimum Gasteiger partial charge on any atom is -0.344 e. The summed E-state index contributed by atoms with van der Waals surface area (Å²) in [6.45, 7) is 3.71. The SMILES string of the molecule is CN(CCn1cccn1)C(=O)CCC1CCNCC1.Cl.Cl. The van der Waals surface area contributed by atoms with E-state index in [1.54, 1.807) is 6.20 Å². The normalized spacial score (nSPS) is 14.9. The number of rotatable bonds is 6. The maximum Gasteiger partial charge on any atom is 0.222 e. The largest absolute Gasteiger partial charge is 0.344 e. The zero-order valence-electron chi connectivity index (χ0n) is 12.5. The number of nitrogens with zero attached hydrogens (tertiary/aromatic N) is 3. The molecule has 0 saturated carbocycles. The topological polar surface area (TPSA) is 50.2 Å². The summed E-state index contributed by atoms with van der Waals surface area (Å²) in [5.74, 6) is 0.982. The summed E-state index contributed by atoms with van der Waals surface area (Å²) >= 11 is 0. The van der Waals surface area contributed by atoms with Crippen molar-refractivity contribution in [2.24, 2.45) is 5.92 Å². The molecule has 5 nitrogen and oxygen atoms in total. The molecule has 0 unspecified atom stereocenters. The molecule has 1 N–H and O–H groups in total. The molecule has 1 aromatic rings. The molecule has 2 heterocycles. The fourth-order valence-electron chi connectivity index (χ4n) is 2.50. The van der Waals surface area contributed by atoms with E-state index < -0.39 is 0 Å². The van der Waals surface area contributed by atoms with Crippen molar-refractivity contribution >= 4 is 30.7 Å². The van der Waals surface area contributed by atoms with Crippen LogP contribution in [0.3, 0.4) is 0 Å². The van der Waals surface area contributed by atoms with Gasteiger partial charge in [0.15, 0.2) is 0 Å². The lowest BCUT2D eigenvalue weighted by Gasteiger charge is -2.23. The van der Waals surface area contributed by atoms with Gasteiger partial charge in [0, 0.05) is 32.4 Å². The van der Waals surface area contributed by atoms with E-state index in [2.05, 4.69) is 10.4 Å². The van der Waals surface area contributed by atoms with Crippen LogP contribution in [0.15, 0.2) is 18.5 Å². The van der Waals surface area contributed by atoms with Crippen molar-refractivity contribution in [1.29, 1.82) is 0 Å². The minimum absolute atomic E-state index is 0. The second-order valence-electron chi connectivity index (χ2n) is 5.32. The number of carbonyl (C=O) groups excluding carboxylic acids is 1. The maximum absolute atomic E-state index is 12.0. The highest BCUT2D eigenvalue weighted by molar-refractivity contribution is 5.85. The zero-order valence-corrected chi connectivity index (χ0v) is 14.2. The van der Waals surface area contributed by atoms with Crippen LogP contribution in [0.5, 0.6) is 0 Å². The van der Waals surface area contributed by atoms with Gasteiger partial charge in [0.05, 0.1) is 6.54 Å². The first-order chi connectivity index (χ1) is 9.25. The van der Waals surface area contributed by atoms with E-state index in [4.69, 9.17) is 0 Å². The molecule has 1 amide bonds. The number of nitrogens with one attached hydrogen (secondary N) is 1. The van der Waals surface area contributed by atoms with Gasteiger partial charge >= 0.3 is 0 Å². The predicted octanol–water partition coefficient (Wildman–Crippen LogP) is 1.96. The first kappa shape index (κ1) is 20.2. The average molecular weight is 337 g/mol. The van der Waals surface area contributed by atoms with Crippen LogP contribution in [0.1, 0.15) is 25.7 Å². The van der Waals surface area contributed by atoms with Crippen molar-refractivity contribution in [3.8, 4) is 0 Å². The van der Waals surface area contributed by atoms with E-state index in [0.29, 0.717) is 6.42 Å². The summed E-state index contributed by atoms with van der Waals surface area (Å²) in [5, 5.41) is 7.49. The van der Waals surface area contributed by atoms with Crippen LogP contribution in [-0.2, 0) is 11.3 Å². The van der Waals surface area contributed by atoms with Gasteiger partial charge in [-0.05, 0) is 44.3 Å². The first-order valence-electron chi connectivity index (χ1n) is 7.18. The van der Waals surface area contributed by atoms with Crippen molar-refractivity contribution < 1.29 is 4.79 Å². The summed E-state index contributed by atoms with van der Waals surface area (Å²) in [6.07, 6.45) is 7.83. The molecule has 1 fully saturated rings. The monoisotopic (exact) mass is 336 g/mol. The van der Waals surface area contributed by atoms with Crippen LogP contribution in [0.2, 0.25) is 0 Å². The van der Waals surface area contributed by atoms with Gasteiger partial charge in [-0.1, -0.05) is 0 Å². The molecule has 0 atom stereocenters. The number of hydrogen-bond donors (Lipinski definition) is 1. The molecular weight excluding hydrogens is 311 g/mol. The van der Waals surface area contributed by atoms with Crippen molar-refractivity contribution in [3.63, 3.8) is 0 Å². The number of piperidine rings is 1. The van der Waals surface area contributed by atoms with Gasteiger partial charge in [-0.3, -0.25) is 9.48 Å². The molecule has 1 aliphatic rings. The third-order valence-electron chi connectivity index (χ3n) is 3.87. The van der Waals surface area contributed by atoms with Crippen LogP contribution in [0.25, 0.3) is 0 Å². The molecule has 0 bridgehead atoms. The van der Waals surface area contributed by atoms with Crippen molar-refractivity contribution in [2.75, 3.05) is 26.7 Å². The molecule has 1 aliphatic heterocycles. The molecule has 21 heavy (non-hydrogen) atoms. The van der Waals surface area contributed by atoms with Gasteiger partial charge in [0.25, 0.3) is 0 Å². The summed E-state index contributed by atoms with van der Waals surface area (Å²) < 4.78 is 1.86. The summed E-state index contributed by atoms with van der Waals surface area (Å²) in [4.78, 5) is 13.8. The lowest BCUT2D eigenvalue weighted by molar-refractivity contribution is -0.130.